The second-order valence-electron chi connectivity index (χ2n) is 4.53. The van der Waals surface area contributed by atoms with Gasteiger partial charge in [-0.3, -0.25) is 0 Å². The molecule has 2 atom stereocenters. The fraction of sp³-hybridized carbons (Fsp3) is 1.00. The van der Waals surface area contributed by atoms with Crippen LogP contribution in [-0.4, -0.2) is 24.4 Å². The van der Waals surface area contributed by atoms with E-state index in [1.807, 2.05) is 0 Å². The van der Waals surface area contributed by atoms with Gasteiger partial charge in [-0.2, -0.15) is 0 Å². The van der Waals surface area contributed by atoms with Crippen LogP contribution in [0, 0.1) is 11.8 Å². The zero-order chi connectivity index (χ0) is 9.84. The van der Waals surface area contributed by atoms with Crippen molar-refractivity contribution >= 4 is 0 Å². The SMILES string of the molecule is COC(C(C)C)C(O)CCC1CC1. The van der Waals surface area contributed by atoms with Crippen LogP contribution in [0.2, 0.25) is 0 Å². The van der Waals surface area contributed by atoms with E-state index in [9.17, 15) is 5.11 Å². The molecule has 2 nitrogen and oxygen atoms in total. The Hall–Kier alpha value is -0.0800. The van der Waals surface area contributed by atoms with Gasteiger partial charge in [0.2, 0.25) is 0 Å². The van der Waals surface area contributed by atoms with Gasteiger partial charge in [-0.05, 0) is 24.7 Å². The van der Waals surface area contributed by atoms with Gasteiger partial charge in [-0.25, -0.2) is 0 Å². The summed E-state index contributed by atoms with van der Waals surface area (Å²) < 4.78 is 5.28. The Balaban J connectivity index is 2.20. The van der Waals surface area contributed by atoms with Crippen molar-refractivity contribution in [1.82, 2.24) is 0 Å². The van der Waals surface area contributed by atoms with E-state index >= 15 is 0 Å². The van der Waals surface area contributed by atoms with Gasteiger partial charge in [0.15, 0.2) is 0 Å². The van der Waals surface area contributed by atoms with Crippen molar-refractivity contribution in [2.75, 3.05) is 7.11 Å². The lowest BCUT2D eigenvalue weighted by molar-refractivity contribution is -0.0418. The van der Waals surface area contributed by atoms with E-state index in [-0.39, 0.29) is 12.2 Å². The summed E-state index contributed by atoms with van der Waals surface area (Å²) in [5, 5.41) is 9.83. The molecule has 0 amide bonds. The number of methoxy groups -OCH3 is 1. The molecule has 0 heterocycles. The summed E-state index contributed by atoms with van der Waals surface area (Å²) >= 11 is 0. The van der Waals surface area contributed by atoms with Crippen molar-refractivity contribution in [3.8, 4) is 0 Å². The molecule has 0 spiro atoms. The lowest BCUT2D eigenvalue weighted by Crippen LogP contribution is -2.32. The van der Waals surface area contributed by atoms with Crippen molar-refractivity contribution in [2.45, 2.75) is 51.7 Å². The summed E-state index contributed by atoms with van der Waals surface area (Å²) in [5.41, 5.74) is 0. The molecule has 13 heavy (non-hydrogen) atoms. The van der Waals surface area contributed by atoms with Gasteiger partial charge in [0.25, 0.3) is 0 Å². The molecule has 2 unspecified atom stereocenters. The van der Waals surface area contributed by atoms with Crippen LogP contribution < -0.4 is 0 Å². The Bertz CT molecular complexity index is 141. The van der Waals surface area contributed by atoms with Crippen LogP contribution >= 0.6 is 0 Å². The molecule has 0 aromatic heterocycles. The minimum absolute atomic E-state index is 0.0127. The van der Waals surface area contributed by atoms with Crippen molar-refractivity contribution in [1.29, 1.82) is 0 Å². The molecular formula is C11H22O2. The topological polar surface area (TPSA) is 29.5 Å². The van der Waals surface area contributed by atoms with Crippen LogP contribution in [-0.2, 0) is 4.74 Å². The smallest absolute Gasteiger partial charge is 0.0852 e. The zero-order valence-corrected chi connectivity index (χ0v) is 8.99. The number of hydrogen-bond donors (Lipinski definition) is 1. The molecule has 0 aromatic rings. The third-order valence-corrected chi connectivity index (χ3v) is 2.88. The molecule has 1 saturated carbocycles. The summed E-state index contributed by atoms with van der Waals surface area (Å²) in [5.74, 6) is 1.30. The van der Waals surface area contributed by atoms with E-state index in [1.165, 1.54) is 19.3 Å². The monoisotopic (exact) mass is 186 g/mol. The number of rotatable bonds is 6. The minimum Gasteiger partial charge on any atom is -0.390 e. The highest BCUT2D eigenvalue weighted by Gasteiger charge is 2.26. The number of aliphatic hydroxyl groups excluding tert-OH is 1. The molecule has 0 bridgehead atoms. The Morgan fingerprint density at radius 1 is 1.38 bits per heavy atom. The molecule has 1 fully saturated rings. The second-order valence-corrected chi connectivity index (χ2v) is 4.53. The molecule has 0 aliphatic heterocycles. The van der Waals surface area contributed by atoms with E-state index in [2.05, 4.69) is 13.8 Å². The van der Waals surface area contributed by atoms with Gasteiger partial charge in [-0.15, -0.1) is 0 Å². The summed E-state index contributed by atoms with van der Waals surface area (Å²) in [4.78, 5) is 0. The van der Waals surface area contributed by atoms with Crippen LogP contribution in [0.15, 0.2) is 0 Å². The first-order valence-corrected chi connectivity index (χ1v) is 5.36. The molecule has 1 rings (SSSR count). The second kappa shape index (κ2) is 4.97. The van der Waals surface area contributed by atoms with Crippen molar-refractivity contribution in [3.63, 3.8) is 0 Å². The Morgan fingerprint density at radius 3 is 2.38 bits per heavy atom. The normalized spacial score (nSPS) is 21.9. The fourth-order valence-corrected chi connectivity index (χ4v) is 1.85. The average Bonchev–Trinajstić information content (AvgIpc) is 2.84. The molecule has 1 N–H and O–H groups in total. The molecule has 1 aliphatic carbocycles. The molecule has 0 aromatic carbocycles. The Labute approximate surface area is 81.3 Å². The van der Waals surface area contributed by atoms with E-state index < -0.39 is 0 Å². The minimum atomic E-state index is -0.273. The van der Waals surface area contributed by atoms with E-state index in [4.69, 9.17) is 4.74 Å². The summed E-state index contributed by atoms with van der Waals surface area (Å²) in [6, 6.07) is 0. The standard InChI is InChI=1S/C11H22O2/c1-8(2)11(13-3)10(12)7-6-9-4-5-9/h8-12H,4-7H2,1-3H3. The van der Waals surface area contributed by atoms with E-state index in [0.29, 0.717) is 5.92 Å². The summed E-state index contributed by atoms with van der Waals surface area (Å²) in [6.45, 7) is 4.18. The lowest BCUT2D eigenvalue weighted by Gasteiger charge is -2.24. The Kier molecular flexibility index (Phi) is 4.20. The molecule has 78 valence electrons. The van der Waals surface area contributed by atoms with Gasteiger partial charge in [-0.1, -0.05) is 26.7 Å². The third kappa shape index (κ3) is 3.65. The maximum atomic E-state index is 9.83. The summed E-state index contributed by atoms with van der Waals surface area (Å²) in [6.07, 6.45) is 4.55. The van der Waals surface area contributed by atoms with E-state index in [1.54, 1.807) is 7.11 Å². The number of ether oxygens (including phenoxy) is 1. The van der Waals surface area contributed by atoms with Gasteiger partial charge >= 0.3 is 0 Å². The predicted octanol–water partition coefficient (Wildman–Crippen LogP) is 2.21. The third-order valence-electron chi connectivity index (χ3n) is 2.88. The molecule has 2 heteroatoms. The van der Waals surface area contributed by atoms with Gasteiger partial charge in [0.05, 0.1) is 12.2 Å². The maximum Gasteiger partial charge on any atom is 0.0852 e. The van der Waals surface area contributed by atoms with Crippen molar-refractivity contribution in [2.24, 2.45) is 11.8 Å². The fourth-order valence-electron chi connectivity index (χ4n) is 1.85. The lowest BCUT2D eigenvalue weighted by atomic mass is 9.97. The molecular weight excluding hydrogens is 164 g/mol. The highest BCUT2D eigenvalue weighted by Crippen LogP contribution is 2.34. The molecule has 1 aliphatic rings. The van der Waals surface area contributed by atoms with Crippen LogP contribution in [0.1, 0.15) is 39.5 Å². The zero-order valence-electron chi connectivity index (χ0n) is 8.99. The summed E-state index contributed by atoms with van der Waals surface area (Å²) in [7, 11) is 1.69. The van der Waals surface area contributed by atoms with Crippen molar-refractivity contribution in [3.05, 3.63) is 0 Å². The highest BCUT2D eigenvalue weighted by molar-refractivity contribution is 4.78. The van der Waals surface area contributed by atoms with Crippen LogP contribution in [0.5, 0.6) is 0 Å². The molecule has 0 radical (unpaired) electrons. The van der Waals surface area contributed by atoms with Crippen LogP contribution in [0.25, 0.3) is 0 Å². The van der Waals surface area contributed by atoms with Gasteiger partial charge in [0.1, 0.15) is 0 Å². The first kappa shape index (κ1) is 11.0. The van der Waals surface area contributed by atoms with Crippen LogP contribution in [0.3, 0.4) is 0 Å². The van der Waals surface area contributed by atoms with E-state index in [0.717, 1.165) is 12.3 Å². The molecule has 0 saturated heterocycles. The van der Waals surface area contributed by atoms with Crippen molar-refractivity contribution < 1.29 is 9.84 Å². The quantitative estimate of drug-likeness (QED) is 0.689. The van der Waals surface area contributed by atoms with Gasteiger partial charge in [0, 0.05) is 7.11 Å². The highest BCUT2D eigenvalue weighted by atomic mass is 16.5. The van der Waals surface area contributed by atoms with Gasteiger partial charge < -0.3 is 9.84 Å². The Morgan fingerprint density at radius 2 is 2.00 bits per heavy atom. The first-order chi connectivity index (χ1) is 6.15. The largest absolute Gasteiger partial charge is 0.390 e. The number of aliphatic hydroxyl groups is 1. The van der Waals surface area contributed by atoms with Crippen LogP contribution in [0.4, 0.5) is 0 Å². The average molecular weight is 186 g/mol. The number of hydrogen-bond acceptors (Lipinski definition) is 2. The first-order valence-electron chi connectivity index (χ1n) is 5.36. The maximum absolute atomic E-state index is 9.83. The predicted molar refractivity (Wildman–Crippen MR) is 53.6 cm³/mol.